The van der Waals surface area contributed by atoms with Gasteiger partial charge in [0, 0.05) is 6.07 Å². The highest BCUT2D eigenvalue weighted by Gasteiger charge is 2.25. The van der Waals surface area contributed by atoms with E-state index in [1.54, 1.807) is 0 Å². The van der Waals surface area contributed by atoms with Crippen molar-refractivity contribution in [3.8, 4) is 0 Å². The average molecular weight is 305 g/mol. The molecule has 0 atom stereocenters. The SMILES string of the molecule is CCC(CC)(CO)Nc1cc(F)c(Br)cc1N. The van der Waals surface area contributed by atoms with Crippen LogP contribution in [0.1, 0.15) is 26.7 Å². The number of hydrogen-bond acceptors (Lipinski definition) is 3. The average Bonchev–Trinajstić information content (AvgIpc) is 2.33. The summed E-state index contributed by atoms with van der Waals surface area (Å²) in [7, 11) is 0. The van der Waals surface area contributed by atoms with Crippen molar-refractivity contribution >= 4 is 27.3 Å². The highest BCUT2D eigenvalue weighted by atomic mass is 79.9. The second-order valence-electron chi connectivity index (χ2n) is 4.12. The summed E-state index contributed by atoms with van der Waals surface area (Å²) < 4.78 is 13.8. The number of nitrogen functional groups attached to an aromatic ring is 1. The van der Waals surface area contributed by atoms with Crippen molar-refractivity contribution in [2.75, 3.05) is 17.7 Å². The van der Waals surface area contributed by atoms with Gasteiger partial charge in [-0.2, -0.15) is 0 Å². The van der Waals surface area contributed by atoms with Crippen LogP contribution in [0.4, 0.5) is 15.8 Å². The molecule has 17 heavy (non-hydrogen) atoms. The molecule has 0 saturated carbocycles. The predicted octanol–water partition coefficient (Wildman–Crippen LogP) is 3.13. The molecule has 1 aromatic rings. The summed E-state index contributed by atoms with van der Waals surface area (Å²) >= 11 is 3.08. The lowest BCUT2D eigenvalue weighted by atomic mass is 9.93. The number of nitrogens with one attached hydrogen (secondary N) is 1. The number of halogens is 2. The Morgan fingerprint density at radius 2 is 2.00 bits per heavy atom. The van der Waals surface area contributed by atoms with Gasteiger partial charge in [-0.1, -0.05) is 13.8 Å². The highest BCUT2D eigenvalue weighted by Crippen LogP contribution is 2.30. The Morgan fingerprint density at radius 3 is 2.47 bits per heavy atom. The summed E-state index contributed by atoms with van der Waals surface area (Å²) in [5.74, 6) is -0.374. The van der Waals surface area contributed by atoms with E-state index in [-0.39, 0.29) is 12.4 Å². The standard InChI is InChI=1S/C12H18BrFN2O/c1-3-12(4-2,7-17)16-11-6-9(14)8(13)5-10(11)15/h5-6,16-17H,3-4,7,15H2,1-2H3. The van der Waals surface area contributed by atoms with Crippen LogP contribution in [0.3, 0.4) is 0 Å². The monoisotopic (exact) mass is 304 g/mol. The Kier molecular flexibility index (Phi) is 4.77. The van der Waals surface area contributed by atoms with Crippen LogP contribution in [0.2, 0.25) is 0 Å². The van der Waals surface area contributed by atoms with Gasteiger partial charge in [0.15, 0.2) is 0 Å². The summed E-state index contributed by atoms with van der Waals surface area (Å²) in [6.45, 7) is 3.92. The van der Waals surface area contributed by atoms with Gasteiger partial charge >= 0.3 is 0 Å². The van der Waals surface area contributed by atoms with E-state index < -0.39 is 5.54 Å². The van der Waals surface area contributed by atoms with E-state index in [0.717, 1.165) is 12.8 Å². The molecule has 0 unspecified atom stereocenters. The zero-order valence-electron chi connectivity index (χ0n) is 10.1. The molecule has 1 rings (SSSR count). The van der Waals surface area contributed by atoms with E-state index in [1.165, 1.54) is 12.1 Å². The van der Waals surface area contributed by atoms with Crippen molar-refractivity contribution in [2.45, 2.75) is 32.2 Å². The quantitative estimate of drug-likeness (QED) is 0.733. The largest absolute Gasteiger partial charge is 0.397 e. The minimum absolute atomic E-state index is 0.0167. The van der Waals surface area contributed by atoms with E-state index in [2.05, 4.69) is 21.2 Å². The lowest BCUT2D eigenvalue weighted by Crippen LogP contribution is -2.41. The van der Waals surface area contributed by atoms with Gasteiger partial charge in [0.2, 0.25) is 0 Å². The van der Waals surface area contributed by atoms with Gasteiger partial charge in [0.05, 0.1) is 28.0 Å². The summed E-state index contributed by atoms with van der Waals surface area (Å²) in [4.78, 5) is 0. The summed E-state index contributed by atoms with van der Waals surface area (Å²) in [5.41, 5.74) is 6.34. The van der Waals surface area contributed by atoms with Gasteiger partial charge in [-0.25, -0.2) is 4.39 Å². The van der Waals surface area contributed by atoms with E-state index in [4.69, 9.17) is 5.73 Å². The molecule has 0 spiro atoms. The maximum Gasteiger partial charge on any atom is 0.139 e. The molecule has 0 saturated heterocycles. The second-order valence-corrected chi connectivity index (χ2v) is 4.98. The zero-order valence-corrected chi connectivity index (χ0v) is 11.6. The molecule has 0 aliphatic carbocycles. The van der Waals surface area contributed by atoms with Crippen LogP contribution in [-0.2, 0) is 0 Å². The molecule has 0 aliphatic heterocycles. The first-order valence-corrected chi connectivity index (χ1v) is 6.41. The number of hydrogen-bond donors (Lipinski definition) is 3. The first-order valence-electron chi connectivity index (χ1n) is 5.61. The second kappa shape index (κ2) is 5.69. The number of aliphatic hydroxyl groups is 1. The first-order chi connectivity index (χ1) is 7.98. The van der Waals surface area contributed by atoms with Crippen molar-refractivity contribution in [2.24, 2.45) is 0 Å². The molecule has 0 fully saturated rings. The molecule has 96 valence electrons. The molecule has 0 bridgehead atoms. The van der Waals surface area contributed by atoms with Crippen LogP contribution in [0.5, 0.6) is 0 Å². The normalized spacial score (nSPS) is 11.6. The van der Waals surface area contributed by atoms with Crippen LogP contribution in [0.25, 0.3) is 0 Å². The van der Waals surface area contributed by atoms with Crippen molar-refractivity contribution in [1.29, 1.82) is 0 Å². The van der Waals surface area contributed by atoms with Gasteiger partial charge in [-0.05, 0) is 34.8 Å². The minimum Gasteiger partial charge on any atom is -0.397 e. The van der Waals surface area contributed by atoms with Crippen molar-refractivity contribution in [1.82, 2.24) is 0 Å². The Bertz CT molecular complexity index is 386. The molecule has 4 N–H and O–H groups in total. The molecular weight excluding hydrogens is 287 g/mol. The number of nitrogens with two attached hydrogens (primary N) is 1. The fourth-order valence-corrected chi connectivity index (χ4v) is 2.01. The van der Waals surface area contributed by atoms with E-state index in [9.17, 15) is 9.50 Å². The molecule has 0 aromatic heterocycles. The number of benzene rings is 1. The lowest BCUT2D eigenvalue weighted by molar-refractivity contribution is 0.202. The predicted molar refractivity (Wildman–Crippen MR) is 72.5 cm³/mol. The van der Waals surface area contributed by atoms with Crippen LogP contribution < -0.4 is 11.1 Å². The Morgan fingerprint density at radius 1 is 1.41 bits per heavy atom. The summed E-state index contributed by atoms with van der Waals surface area (Å²) in [6, 6.07) is 2.86. The smallest absolute Gasteiger partial charge is 0.139 e. The maximum absolute atomic E-state index is 13.4. The summed E-state index contributed by atoms with van der Waals surface area (Å²) in [6.07, 6.45) is 1.47. The van der Waals surface area contributed by atoms with Gasteiger partial charge < -0.3 is 16.2 Å². The van der Waals surface area contributed by atoms with Crippen molar-refractivity contribution in [3.05, 3.63) is 22.4 Å². The van der Waals surface area contributed by atoms with Gasteiger partial charge in [0.25, 0.3) is 0 Å². The molecule has 0 aliphatic rings. The third-order valence-electron chi connectivity index (χ3n) is 3.15. The number of anilines is 2. The first kappa shape index (κ1) is 14.3. The van der Waals surface area contributed by atoms with Crippen LogP contribution in [0.15, 0.2) is 16.6 Å². The van der Waals surface area contributed by atoms with Gasteiger partial charge in [0.1, 0.15) is 5.82 Å². The molecule has 5 heteroatoms. The minimum atomic E-state index is -0.450. The van der Waals surface area contributed by atoms with Crippen LogP contribution >= 0.6 is 15.9 Å². The highest BCUT2D eigenvalue weighted by molar-refractivity contribution is 9.10. The number of aliphatic hydroxyl groups excluding tert-OH is 1. The van der Waals surface area contributed by atoms with E-state index >= 15 is 0 Å². The molecular formula is C12H18BrFN2O. The van der Waals surface area contributed by atoms with Crippen LogP contribution in [-0.4, -0.2) is 17.3 Å². The number of rotatable bonds is 5. The maximum atomic E-state index is 13.4. The van der Waals surface area contributed by atoms with E-state index in [1.807, 2.05) is 13.8 Å². The third-order valence-corrected chi connectivity index (χ3v) is 3.76. The van der Waals surface area contributed by atoms with E-state index in [0.29, 0.717) is 15.8 Å². The van der Waals surface area contributed by atoms with Gasteiger partial charge in [-0.3, -0.25) is 0 Å². The van der Waals surface area contributed by atoms with Crippen molar-refractivity contribution < 1.29 is 9.50 Å². The molecule has 0 amide bonds. The molecule has 3 nitrogen and oxygen atoms in total. The Labute approximate surface area is 109 Å². The van der Waals surface area contributed by atoms with Crippen molar-refractivity contribution in [3.63, 3.8) is 0 Å². The molecule has 0 radical (unpaired) electrons. The van der Waals surface area contributed by atoms with Gasteiger partial charge in [-0.15, -0.1) is 0 Å². The topological polar surface area (TPSA) is 58.3 Å². The Hall–Kier alpha value is -0.810. The fourth-order valence-electron chi connectivity index (χ4n) is 1.65. The zero-order chi connectivity index (χ0) is 13.1. The third kappa shape index (κ3) is 3.10. The molecule has 1 aromatic carbocycles. The summed E-state index contributed by atoms with van der Waals surface area (Å²) in [5, 5.41) is 12.6. The fraction of sp³-hybridized carbons (Fsp3) is 0.500. The van der Waals surface area contributed by atoms with Crippen LogP contribution in [0, 0.1) is 5.82 Å². The Balaban J connectivity index is 3.05. The molecule has 0 heterocycles. The lowest BCUT2D eigenvalue weighted by Gasteiger charge is -2.32.